The fourth-order valence-electron chi connectivity index (χ4n) is 2.95. The van der Waals surface area contributed by atoms with Crippen LogP contribution in [0.1, 0.15) is 17.3 Å². The molecule has 122 valence electrons. The van der Waals surface area contributed by atoms with E-state index >= 15 is 0 Å². The molecular formula is C16H17FN3NaO3. The third kappa shape index (κ3) is 3.35. The molecule has 1 N–H and O–H groups in total. The quantitative estimate of drug-likeness (QED) is 0.600. The molecule has 0 amide bonds. The number of carboxylic acid groups (broad SMARTS) is 1. The Labute approximate surface area is 160 Å². The first-order valence-corrected chi connectivity index (χ1v) is 7.56. The van der Waals surface area contributed by atoms with Crippen LogP contribution in [0, 0.1) is 5.82 Å². The van der Waals surface area contributed by atoms with Crippen LogP contribution in [0.25, 0.3) is 10.9 Å². The van der Waals surface area contributed by atoms with Gasteiger partial charge in [0.1, 0.15) is 5.82 Å². The summed E-state index contributed by atoms with van der Waals surface area (Å²) in [7, 11) is 0. The number of pyridine rings is 1. The summed E-state index contributed by atoms with van der Waals surface area (Å²) < 4.78 is 16.1. The molecule has 8 heteroatoms. The Kier molecular flexibility index (Phi) is 6.03. The molecule has 2 aromatic rings. The van der Waals surface area contributed by atoms with E-state index in [1.54, 1.807) is 10.6 Å². The van der Waals surface area contributed by atoms with Gasteiger partial charge in [0.2, 0.25) is 0 Å². The second-order valence-electron chi connectivity index (χ2n) is 5.50. The molecular weight excluding hydrogens is 324 g/mol. The number of nitrogens with zero attached hydrogens (tertiary/aromatic N) is 2. The van der Waals surface area contributed by atoms with E-state index in [0.29, 0.717) is 30.8 Å². The number of hydrogen-bond acceptors (Lipinski definition) is 5. The number of piperazine rings is 1. The summed E-state index contributed by atoms with van der Waals surface area (Å²) in [6, 6.07) is 2.76. The van der Waals surface area contributed by atoms with Crippen molar-refractivity contribution in [1.29, 1.82) is 0 Å². The topological polar surface area (TPSA) is 77.4 Å². The molecule has 0 atom stereocenters. The number of hydrogen-bond donors (Lipinski definition) is 1. The zero-order valence-electron chi connectivity index (χ0n) is 13.8. The Morgan fingerprint density at radius 3 is 2.58 bits per heavy atom. The molecule has 0 saturated carbocycles. The molecule has 1 saturated heterocycles. The van der Waals surface area contributed by atoms with Crippen LogP contribution in [0.4, 0.5) is 10.1 Å². The minimum atomic E-state index is -1.55. The zero-order chi connectivity index (χ0) is 16.6. The van der Waals surface area contributed by atoms with Crippen LogP contribution in [0.15, 0.2) is 23.1 Å². The molecule has 0 bridgehead atoms. The van der Waals surface area contributed by atoms with Crippen LogP contribution >= 0.6 is 0 Å². The van der Waals surface area contributed by atoms with Gasteiger partial charge in [-0.05, 0) is 19.1 Å². The molecule has 0 unspecified atom stereocenters. The van der Waals surface area contributed by atoms with Gasteiger partial charge in [-0.3, -0.25) is 4.79 Å². The summed E-state index contributed by atoms with van der Waals surface area (Å²) >= 11 is 0. The Bertz CT molecular complexity index is 831. The Balaban J connectivity index is 0.00000208. The normalized spacial score (nSPS) is 14.5. The first kappa shape index (κ1) is 18.9. The molecule has 24 heavy (non-hydrogen) atoms. The van der Waals surface area contributed by atoms with E-state index in [1.165, 1.54) is 6.20 Å². The standard InChI is InChI=1S/C16H18FN3O3.Na/c1-2-19-9-11(16(22)23)15(21)10-7-12(17)14(8-13(10)19)20-5-3-18-4-6-20;/h7-9,18H,2-6H2,1H3,(H,22,23);/q;+1/p-1. The number of aromatic nitrogens is 1. The van der Waals surface area contributed by atoms with Crippen LogP contribution in [0.3, 0.4) is 0 Å². The number of fused-ring (bicyclic) bond motifs is 1. The van der Waals surface area contributed by atoms with Gasteiger partial charge in [-0.1, -0.05) is 0 Å². The maximum atomic E-state index is 14.5. The van der Waals surface area contributed by atoms with Crippen molar-refractivity contribution in [3.63, 3.8) is 0 Å². The van der Waals surface area contributed by atoms with Crippen molar-refractivity contribution in [3.8, 4) is 0 Å². The fourth-order valence-corrected chi connectivity index (χ4v) is 2.95. The van der Waals surface area contributed by atoms with Crippen LogP contribution in [-0.2, 0) is 6.54 Å². The van der Waals surface area contributed by atoms with Gasteiger partial charge in [0.05, 0.1) is 22.7 Å². The smallest absolute Gasteiger partial charge is 0.545 e. The van der Waals surface area contributed by atoms with Gasteiger partial charge in [0, 0.05) is 44.3 Å². The van der Waals surface area contributed by atoms with E-state index in [2.05, 4.69) is 5.32 Å². The van der Waals surface area contributed by atoms with Crippen molar-refractivity contribution < 1.29 is 43.8 Å². The predicted molar refractivity (Wildman–Crippen MR) is 83.3 cm³/mol. The molecule has 1 fully saturated rings. The Hall–Kier alpha value is -1.41. The van der Waals surface area contributed by atoms with Crippen molar-refractivity contribution in [2.24, 2.45) is 0 Å². The summed E-state index contributed by atoms with van der Waals surface area (Å²) in [6.45, 7) is 5.18. The average Bonchev–Trinajstić information content (AvgIpc) is 2.55. The fraction of sp³-hybridized carbons (Fsp3) is 0.375. The first-order chi connectivity index (χ1) is 11.0. The van der Waals surface area contributed by atoms with Crippen LogP contribution < -0.4 is 50.3 Å². The largest absolute Gasteiger partial charge is 1.00 e. The van der Waals surface area contributed by atoms with E-state index in [1.807, 2.05) is 11.8 Å². The number of rotatable bonds is 3. The molecule has 1 aliphatic heterocycles. The van der Waals surface area contributed by atoms with Crippen molar-refractivity contribution in [1.82, 2.24) is 9.88 Å². The van der Waals surface area contributed by atoms with Gasteiger partial charge in [-0.2, -0.15) is 0 Å². The van der Waals surface area contributed by atoms with E-state index in [-0.39, 0.29) is 34.9 Å². The molecule has 1 aromatic heterocycles. The van der Waals surface area contributed by atoms with Gasteiger partial charge < -0.3 is 24.7 Å². The monoisotopic (exact) mass is 341 g/mol. The summed E-state index contributed by atoms with van der Waals surface area (Å²) in [6.07, 6.45) is 1.26. The summed E-state index contributed by atoms with van der Waals surface area (Å²) in [5, 5.41) is 14.4. The van der Waals surface area contributed by atoms with Gasteiger partial charge in [-0.25, -0.2) is 4.39 Å². The van der Waals surface area contributed by atoms with E-state index in [9.17, 15) is 19.1 Å². The van der Waals surface area contributed by atoms with Crippen LogP contribution in [0.5, 0.6) is 0 Å². The van der Waals surface area contributed by atoms with E-state index in [4.69, 9.17) is 0 Å². The third-order valence-corrected chi connectivity index (χ3v) is 4.17. The second kappa shape index (κ2) is 7.65. The van der Waals surface area contributed by atoms with Gasteiger partial charge in [-0.15, -0.1) is 0 Å². The van der Waals surface area contributed by atoms with Crippen molar-refractivity contribution in [2.45, 2.75) is 13.5 Å². The molecule has 3 rings (SSSR count). The summed E-state index contributed by atoms with van der Waals surface area (Å²) in [5.74, 6) is -2.07. The summed E-state index contributed by atoms with van der Waals surface area (Å²) in [4.78, 5) is 25.3. The van der Waals surface area contributed by atoms with Gasteiger partial charge in [0.25, 0.3) is 0 Å². The molecule has 0 aliphatic carbocycles. The zero-order valence-corrected chi connectivity index (χ0v) is 15.8. The van der Waals surface area contributed by atoms with E-state index in [0.717, 1.165) is 19.2 Å². The number of nitrogens with one attached hydrogen (secondary N) is 1. The third-order valence-electron chi connectivity index (χ3n) is 4.17. The average molecular weight is 341 g/mol. The molecule has 0 spiro atoms. The summed E-state index contributed by atoms with van der Waals surface area (Å²) in [5.41, 5.74) is -0.205. The molecule has 1 aromatic carbocycles. The van der Waals surface area contributed by atoms with Crippen LogP contribution in [-0.4, -0.2) is 36.7 Å². The second-order valence-corrected chi connectivity index (χ2v) is 5.50. The minimum absolute atomic E-state index is 0. The number of carbonyl (C=O) groups is 1. The maximum absolute atomic E-state index is 14.5. The number of carboxylic acids is 1. The number of carbonyl (C=O) groups excluding carboxylic acids is 1. The van der Waals surface area contributed by atoms with Gasteiger partial charge >= 0.3 is 29.6 Å². The minimum Gasteiger partial charge on any atom is -0.545 e. The van der Waals surface area contributed by atoms with Crippen molar-refractivity contribution in [2.75, 3.05) is 31.1 Å². The van der Waals surface area contributed by atoms with Gasteiger partial charge in [0.15, 0.2) is 5.43 Å². The number of aryl methyl sites for hydroxylation is 1. The number of benzene rings is 1. The van der Waals surface area contributed by atoms with Crippen LogP contribution in [0.2, 0.25) is 0 Å². The number of aromatic carboxylic acids is 1. The first-order valence-electron chi connectivity index (χ1n) is 7.56. The molecule has 1 aliphatic rings. The van der Waals surface area contributed by atoms with E-state index < -0.39 is 22.8 Å². The SMILES string of the molecule is CCn1cc(C(=O)[O-])c(=O)c2cc(F)c(N3CCNCC3)cc21.[Na+]. The maximum Gasteiger partial charge on any atom is 1.00 e. The van der Waals surface area contributed by atoms with Crippen molar-refractivity contribution in [3.05, 3.63) is 39.9 Å². The number of anilines is 1. The molecule has 2 heterocycles. The van der Waals surface area contributed by atoms with Crippen molar-refractivity contribution >= 4 is 22.6 Å². The predicted octanol–water partition coefficient (Wildman–Crippen LogP) is -3.06. The number of halogens is 1. The Morgan fingerprint density at radius 1 is 1.33 bits per heavy atom. The molecule has 6 nitrogen and oxygen atoms in total. The Morgan fingerprint density at radius 2 is 2.00 bits per heavy atom. The molecule has 0 radical (unpaired) electrons.